The lowest BCUT2D eigenvalue weighted by atomic mass is 10.0. The lowest BCUT2D eigenvalue weighted by Crippen LogP contribution is -1.95. The molecule has 3 aromatic rings. The van der Waals surface area contributed by atoms with Crippen LogP contribution in [-0.2, 0) is 6.61 Å². The summed E-state index contributed by atoms with van der Waals surface area (Å²) in [4.78, 5) is 0. The van der Waals surface area contributed by atoms with Crippen molar-refractivity contribution in [1.29, 1.82) is 0 Å². The molecule has 0 heterocycles. The zero-order valence-electron chi connectivity index (χ0n) is 12.8. The lowest BCUT2D eigenvalue weighted by molar-refractivity contribution is 0.306. The summed E-state index contributed by atoms with van der Waals surface area (Å²) in [6.07, 6.45) is 0. The van der Waals surface area contributed by atoms with E-state index in [0.29, 0.717) is 11.6 Å². The molecule has 0 aliphatic rings. The van der Waals surface area contributed by atoms with E-state index in [4.69, 9.17) is 21.1 Å². The number of halogens is 1. The molecular weight excluding hydrogens is 308 g/mol. The van der Waals surface area contributed by atoms with Crippen LogP contribution in [0.15, 0.2) is 72.8 Å². The van der Waals surface area contributed by atoms with Gasteiger partial charge in [-0.2, -0.15) is 0 Å². The molecule has 3 aromatic carbocycles. The van der Waals surface area contributed by atoms with Crippen LogP contribution < -0.4 is 9.47 Å². The first kappa shape index (κ1) is 15.4. The molecule has 0 saturated heterocycles. The summed E-state index contributed by atoms with van der Waals surface area (Å²) in [5, 5.41) is 0.669. The maximum absolute atomic E-state index is 6.31. The molecule has 3 rings (SSSR count). The summed E-state index contributed by atoms with van der Waals surface area (Å²) in [6, 6.07) is 23.6. The first-order valence-corrected chi connectivity index (χ1v) is 7.75. The Morgan fingerprint density at radius 2 is 1.57 bits per heavy atom. The minimum Gasteiger partial charge on any atom is -0.496 e. The summed E-state index contributed by atoms with van der Waals surface area (Å²) in [6.45, 7) is 0.551. The lowest BCUT2D eigenvalue weighted by Gasteiger charge is -2.11. The van der Waals surface area contributed by atoms with Gasteiger partial charge in [0.2, 0.25) is 0 Å². The van der Waals surface area contributed by atoms with Crippen LogP contribution in [0.2, 0.25) is 5.02 Å². The van der Waals surface area contributed by atoms with Gasteiger partial charge in [0.1, 0.15) is 18.1 Å². The number of ether oxygens (including phenoxy) is 2. The third kappa shape index (κ3) is 3.66. The molecule has 0 aliphatic carbocycles. The predicted molar refractivity (Wildman–Crippen MR) is 94.2 cm³/mol. The van der Waals surface area contributed by atoms with Gasteiger partial charge in [-0.05, 0) is 35.4 Å². The smallest absolute Gasteiger partial charge is 0.128 e. The van der Waals surface area contributed by atoms with E-state index in [1.165, 1.54) is 0 Å². The zero-order chi connectivity index (χ0) is 16.1. The second-order valence-corrected chi connectivity index (χ2v) is 5.52. The van der Waals surface area contributed by atoms with Crippen molar-refractivity contribution in [2.24, 2.45) is 0 Å². The van der Waals surface area contributed by atoms with E-state index in [9.17, 15) is 0 Å². The standard InChI is InChI=1S/C20H17ClO2/c1-22-19-9-5-8-18(21)20(19)16-10-12-17(13-11-16)23-14-15-6-3-2-4-7-15/h2-13H,14H2,1H3. The molecule has 0 N–H and O–H groups in total. The normalized spacial score (nSPS) is 10.3. The Hall–Kier alpha value is -2.45. The largest absolute Gasteiger partial charge is 0.496 e. The quantitative estimate of drug-likeness (QED) is 0.608. The van der Waals surface area contributed by atoms with Crippen LogP contribution in [0.4, 0.5) is 0 Å². The van der Waals surface area contributed by atoms with Crippen molar-refractivity contribution in [3.05, 3.63) is 83.4 Å². The fraction of sp³-hybridized carbons (Fsp3) is 0.100. The Labute approximate surface area is 141 Å². The number of hydrogen-bond acceptors (Lipinski definition) is 2. The molecule has 0 aromatic heterocycles. The first-order valence-electron chi connectivity index (χ1n) is 7.37. The minimum absolute atomic E-state index is 0.551. The van der Waals surface area contributed by atoms with Gasteiger partial charge in [0.15, 0.2) is 0 Å². The molecule has 0 bridgehead atoms. The van der Waals surface area contributed by atoms with Gasteiger partial charge in [-0.25, -0.2) is 0 Å². The van der Waals surface area contributed by atoms with E-state index < -0.39 is 0 Å². The average molecular weight is 325 g/mol. The summed E-state index contributed by atoms with van der Waals surface area (Å²) in [5.41, 5.74) is 3.04. The van der Waals surface area contributed by atoms with Gasteiger partial charge in [-0.15, -0.1) is 0 Å². The molecule has 0 unspecified atom stereocenters. The van der Waals surface area contributed by atoms with Crippen LogP contribution in [0.1, 0.15) is 5.56 Å². The monoisotopic (exact) mass is 324 g/mol. The molecule has 0 aliphatic heterocycles. The molecule has 0 spiro atoms. The highest BCUT2D eigenvalue weighted by atomic mass is 35.5. The Bertz CT molecular complexity index is 767. The molecule has 2 nitrogen and oxygen atoms in total. The van der Waals surface area contributed by atoms with Crippen molar-refractivity contribution in [3.63, 3.8) is 0 Å². The van der Waals surface area contributed by atoms with Crippen LogP contribution in [0, 0.1) is 0 Å². The van der Waals surface area contributed by atoms with Gasteiger partial charge in [-0.1, -0.05) is 60.1 Å². The molecule has 23 heavy (non-hydrogen) atoms. The highest BCUT2D eigenvalue weighted by Crippen LogP contribution is 2.36. The molecule has 0 fully saturated rings. The Morgan fingerprint density at radius 1 is 0.826 bits per heavy atom. The van der Waals surface area contributed by atoms with Crippen molar-refractivity contribution in [2.75, 3.05) is 7.11 Å². The number of hydrogen-bond donors (Lipinski definition) is 0. The molecular formula is C20H17ClO2. The average Bonchev–Trinajstić information content (AvgIpc) is 2.61. The molecule has 0 amide bonds. The van der Waals surface area contributed by atoms with E-state index in [2.05, 4.69) is 0 Å². The van der Waals surface area contributed by atoms with E-state index in [1.54, 1.807) is 7.11 Å². The van der Waals surface area contributed by atoms with Crippen LogP contribution in [0.5, 0.6) is 11.5 Å². The van der Waals surface area contributed by atoms with Crippen molar-refractivity contribution in [1.82, 2.24) is 0 Å². The maximum atomic E-state index is 6.31. The van der Waals surface area contributed by atoms with Crippen molar-refractivity contribution in [2.45, 2.75) is 6.61 Å². The summed E-state index contributed by atoms with van der Waals surface area (Å²) >= 11 is 6.31. The predicted octanol–water partition coefficient (Wildman–Crippen LogP) is 5.59. The third-order valence-corrected chi connectivity index (χ3v) is 3.90. The van der Waals surface area contributed by atoms with Gasteiger partial charge in [0.25, 0.3) is 0 Å². The summed E-state index contributed by atoms with van der Waals surface area (Å²) < 4.78 is 11.2. The van der Waals surface area contributed by atoms with E-state index in [1.807, 2.05) is 72.8 Å². The van der Waals surface area contributed by atoms with Crippen LogP contribution in [0.25, 0.3) is 11.1 Å². The van der Waals surface area contributed by atoms with Gasteiger partial charge >= 0.3 is 0 Å². The SMILES string of the molecule is COc1cccc(Cl)c1-c1ccc(OCc2ccccc2)cc1. The second-order valence-electron chi connectivity index (χ2n) is 5.12. The van der Waals surface area contributed by atoms with E-state index in [0.717, 1.165) is 28.2 Å². The molecule has 0 radical (unpaired) electrons. The topological polar surface area (TPSA) is 18.5 Å². The van der Waals surface area contributed by atoms with E-state index >= 15 is 0 Å². The highest BCUT2D eigenvalue weighted by molar-refractivity contribution is 6.33. The Morgan fingerprint density at radius 3 is 2.26 bits per heavy atom. The van der Waals surface area contributed by atoms with Crippen LogP contribution in [-0.4, -0.2) is 7.11 Å². The van der Waals surface area contributed by atoms with Gasteiger partial charge in [0.05, 0.1) is 12.1 Å². The fourth-order valence-corrected chi connectivity index (χ4v) is 2.69. The Balaban J connectivity index is 1.77. The minimum atomic E-state index is 0.551. The summed E-state index contributed by atoms with van der Waals surface area (Å²) in [5.74, 6) is 1.58. The second kappa shape index (κ2) is 7.21. The molecule has 0 atom stereocenters. The van der Waals surface area contributed by atoms with Crippen molar-refractivity contribution >= 4 is 11.6 Å². The number of benzene rings is 3. The summed E-state index contributed by atoms with van der Waals surface area (Å²) in [7, 11) is 1.65. The van der Waals surface area contributed by atoms with Gasteiger partial charge in [-0.3, -0.25) is 0 Å². The van der Waals surface area contributed by atoms with Gasteiger partial charge < -0.3 is 9.47 Å². The molecule has 116 valence electrons. The first-order chi connectivity index (χ1) is 11.3. The maximum Gasteiger partial charge on any atom is 0.128 e. The molecule has 0 saturated carbocycles. The Kier molecular flexibility index (Phi) is 4.84. The zero-order valence-corrected chi connectivity index (χ0v) is 13.6. The van der Waals surface area contributed by atoms with Crippen molar-refractivity contribution < 1.29 is 9.47 Å². The van der Waals surface area contributed by atoms with Crippen LogP contribution >= 0.6 is 11.6 Å². The highest BCUT2D eigenvalue weighted by Gasteiger charge is 2.10. The molecule has 3 heteroatoms. The van der Waals surface area contributed by atoms with Gasteiger partial charge in [0, 0.05) is 5.56 Å². The van der Waals surface area contributed by atoms with Crippen LogP contribution in [0.3, 0.4) is 0 Å². The fourth-order valence-electron chi connectivity index (χ4n) is 2.41. The van der Waals surface area contributed by atoms with E-state index in [-0.39, 0.29) is 0 Å². The number of methoxy groups -OCH3 is 1. The third-order valence-electron chi connectivity index (χ3n) is 3.59. The number of rotatable bonds is 5. The van der Waals surface area contributed by atoms with Crippen molar-refractivity contribution in [3.8, 4) is 22.6 Å².